The lowest BCUT2D eigenvalue weighted by molar-refractivity contribution is 0.121. The number of rotatable bonds is 3. The molecular formula is C14H15FOS. The highest BCUT2D eigenvalue weighted by atomic mass is 32.1. The Morgan fingerprint density at radius 2 is 2.18 bits per heavy atom. The zero-order chi connectivity index (χ0) is 11.8. The van der Waals surface area contributed by atoms with Crippen molar-refractivity contribution >= 4 is 21.4 Å². The summed E-state index contributed by atoms with van der Waals surface area (Å²) in [7, 11) is 0. The molecule has 1 atom stereocenters. The van der Waals surface area contributed by atoms with Gasteiger partial charge in [-0.3, -0.25) is 0 Å². The maximum Gasteiger partial charge on any atom is 0.124 e. The van der Waals surface area contributed by atoms with Crippen LogP contribution in [-0.2, 0) is 0 Å². The van der Waals surface area contributed by atoms with Gasteiger partial charge in [-0.2, -0.15) is 0 Å². The molecule has 1 aliphatic carbocycles. The third-order valence-electron chi connectivity index (χ3n) is 3.61. The van der Waals surface area contributed by atoms with Gasteiger partial charge in [-0.15, -0.1) is 11.3 Å². The van der Waals surface area contributed by atoms with Crippen molar-refractivity contribution < 1.29 is 9.50 Å². The van der Waals surface area contributed by atoms with Gasteiger partial charge in [0.15, 0.2) is 0 Å². The minimum absolute atomic E-state index is 0.209. The molecule has 3 rings (SSSR count). The van der Waals surface area contributed by atoms with Gasteiger partial charge in [0.1, 0.15) is 5.82 Å². The zero-order valence-corrected chi connectivity index (χ0v) is 10.3. The lowest BCUT2D eigenvalue weighted by atomic mass is 9.81. The first-order chi connectivity index (χ1) is 8.22. The smallest absolute Gasteiger partial charge is 0.124 e. The SMILES string of the molecule is OC(CC1CCC1)c1cc2ccc(F)cc2s1. The van der Waals surface area contributed by atoms with E-state index in [1.165, 1.54) is 36.7 Å². The Bertz CT molecular complexity index is 530. The number of aliphatic hydroxyl groups excluding tert-OH is 1. The Morgan fingerprint density at radius 1 is 1.35 bits per heavy atom. The van der Waals surface area contributed by atoms with Crippen molar-refractivity contribution in [1.29, 1.82) is 0 Å². The molecule has 1 fully saturated rings. The van der Waals surface area contributed by atoms with Crippen LogP contribution in [0.4, 0.5) is 4.39 Å². The van der Waals surface area contributed by atoms with Crippen molar-refractivity contribution in [2.45, 2.75) is 31.8 Å². The highest BCUT2D eigenvalue weighted by Gasteiger charge is 2.22. The van der Waals surface area contributed by atoms with E-state index in [0.717, 1.165) is 21.4 Å². The molecule has 0 spiro atoms. The Hall–Kier alpha value is -0.930. The number of hydrogen-bond acceptors (Lipinski definition) is 2. The topological polar surface area (TPSA) is 20.2 Å². The molecule has 1 heterocycles. The molecule has 0 amide bonds. The zero-order valence-electron chi connectivity index (χ0n) is 9.53. The van der Waals surface area contributed by atoms with Crippen LogP contribution in [0.15, 0.2) is 24.3 Å². The minimum Gasteiger partial charge on any atom is -0.388 e. The fourth-order valence-electron chi connectivity index (χ4n) is 2.35. The van der Waals surface area contributed by atoms with E-state index in [-0.39, 0.29) is 11.9 Å². The maximum absolute atomic E-state index is 13.1. The van der Waals surface area contributed by atoms with Gasteiger partial charge >= 0.3 is 0 Å². The van der Waals surface area contributed by atoms with Crippen molar-refractivity contribution in [1.82, 2.24) is 0 Å². The van der Waals surface area contributed by atoms with E-state index in [1.807, 2.05) is 6.07 Å². The summed E-state index contributed by atoms with van der Waals surface area (Å²) in [6.45, 7) is 0. The van der Waals surface area contributed by atoms with Crippen LogP contribution < -0.4 is 0 Å². The summed E-state index contributed by atoms with van der Waals surface area (Å²) in [6.07, 6.45) is 4.28. The predicted octanol–water partition coefficient (Wildman–Crippen LogP) is 4.26. The van der Waals surface area contributed by atoms with Crippen molar-refractivity contribution in [3.05, 3.63) is 35.0 Å². The Balaban J connectivity index is 1.83. The van der Waals surface area contributed by atoms with Gasteiger partial charge in [-0.25, -0.2) is 4.39 Å². The molecule has 1 nitrogen and oxygen atoms in total. The van der Waals surface area contributed by atoms with E-state index in [2.05, 4.69) is 0 Å². The molecule has 0 radical (unpaired) electrons. The van der Waals surface area contributed by atoms with Crippen LogP contribution in [0, 0.1) is 11.7 Å². The van der Waals surface area contributed by atoms with Crippen LogP contribution in [0.5, 0.6) is 0 Å². The van der Waals surface area contributed by atoms with Crippen molar-refractivity contribution in [2.24, 2.45) is 5.92 Å². The molecule has 1 saturated carbocycles. The fraction of sp³-hybridized carbons (Fsp3) is 0.429. The second-order valence-electron chi connectivity index (χ2n) is 4.88. The van der Waals surface area contributed by atoms with Crippen molar-refractivity contribution in [3.8, 4) is 0 Å². The highest BCUT2D eigenvalue weighted by Crippen LogP contribution is 2.38. The van der Waals surface area contributed by atoms with Crippen molar-refractivity contribution in [3.63, 3.8) is 0 Å². The molecule has 1 aromatic heterocycles. The third-order valence-corrected chi connectivity index (χ3v) is 4.81. The molecule has 3 heteroatoms. The molecular weight excluding hydrogens is 235 g/mol. The standard InChI is InChI=1S/C14H15FOS/c15-11-5-4-10-7-14(17-13(10)8-11)12(16)6-9-2-1-3-9/h4-5,7-9,12,16H,1-3,6H2. The number of hydrogen-bond donors (Lipinski definition) is 1. The monoisotopic (exact) mass is 250 g/mol. The number of thiophene rings is 1. The van der Waals surface area contributed by atoms with Gasteiger partial charge in [-0.1, -0.05) is 25.3 Å². The fourth-order valence-corrected chi connectivity index (χ4v) is 3.44. The molecule has 0 aliphatic heterocycles. The summed E-state index contributed by atoms with van der Waals surface area (Å²) >= 11 is 1.51. The Morgan fingerprint density at radius 3 is 2.88 bits per heavy atom. The number of benzene rings is 1. The third kappa shape index (κ3) is 2.22. The lowest BCUT2D eigenvalue weighted by Gasteiger charge is -2.27. The maximum atomic E-state index is 13.1. The van der Waals surface area contributed by atoms with Crippen LogP contribution in [0.25, 0.3) is 10.1 Å². The summed E-state index contributed by atoms with van der Waals surface area (Å²) in [5.74, 6) is 0.478. The van der Waals surface area contributed by atoms with E-state index in [1.54, 1.807) is 12.1 Å². The summed E-state index contributed by atoms with van der Waals surface area (Å²) in [6, 6.07) is 6.78. The lowest BCUT2D eigenvalue weighted by Crippen LogP contribution is -2.14. The van der Waals surface area contributed by atoms with Crippen LogP contribution in [0.2, 0.25) is 0 Å². The normalized spacial score (nSPS) is 18.2. The van der Waals surface area contributed by atoms with Crippen LogP contribution in [-0.4, -0.2) is 5.11 Å². The first-order valence-electron chi connectivity index (χ1n) is 6.09. The first-order valence-corrected chi connectivity index (χ1v) is 6.91. The second-order valence-corrected chi connectivity index (χ2v) is 5.99. The van der Waals surface area contributed by atoms with Gasteiger partial charge in [0.05, 0.1) is 6.10 Å². The number of aliphatic hydroxyl groups is 1. The van der Waals surface area contributed by atoms with E-state index in [9.17, 15) is 9.50 Å². The van der Waals surface area contributed by atoms with Crippen LogP contribution >= 0.6 is 11.3 Å². The molecule has 1 aliphatic rings. The Labute approximate surface area is 104 Å². The minimum atomic E-state index is -0.374. The average Bonchev–Trinajstić information content (AvgIpc) is 2.65. The van der Waals surface area contributed by atoms with E-state index >= 15 is 0 Å². The molecule has 1 aromatic carbocycles. The van der Waals surface area contributed by atoms with Crippen LogP contribution in [0.1, 0.15) is 36.7 Å². The molecule has 90 valence electrons. The largest absolute Gasteiger partial charge is 0.388 e. The van der Waals surface area contributed by atoms with Gasteiger partial charge in [0, 0.05) is 9.58 Å². The molecule has 1 unspecified atom stereocenters. The van der Waals surface area contributed by atoms with Crippen molar-refractivity contribution in [2.75, 3.05) is 0 Å². The predicted molar refractivity (Wildman–Crippen MR) is 68.7 cm³/mol. The number of halogens is 1. The van der Waals surface area contributed by atoms with Gasteiger partial charge in [0.25, 0.3) is 0 Å². The van der Waals surface area contributed by atoms with Gasteiger partial charge < -0.3 is 5.11 Å². The summed E-state index contributed by atoms with van der Waals surface area (Å²) in [5.41, 5.74) is 0. The van der Waals surface area contributed by atoms with E-state index in [4.69, 9.17) is 0 Å². The number of fused-ring (bicyclic) bond motifs is 1. The van der Waals surface area contributed by atoms with Gasteiger partial charge in [-0.05, 0) is 35.9 Å². The first kappa shape index (κ1) is 11.2. The molecule has 0 saturated heterocycles. The highest BCUT2D eigenvalue weighted by molar-refractivity contribution is 7.19. The molecule has 0 bridgehead atoms. The quantitative estimate of drug-likeness (QED) is 0.862. The second kappa shape index (κ2) is 4.39. The molecule has 17 heavy (non-hydrogen) atoms. The average molecular weight is 250 g/mol. The summed E-state index contributed by atoms with van der Waals surface area (Å²) < 4.78 is 14.0. The van der Waals surface area contributed by atoms with E-state index < -0.39 is 0 Å². The summed E-state index contributed by atoms with van der Waals surface area (Å²) in [4.78, 5) is 0.970. The van der Waals surface area contributed by atoms with Crippen LogP contribution in [0.3, 0.4) is 0 Å². The Kier molecular flexibility index (Phi) is 2.89. The molecule has 1 N–H and O–H groups in total. The summed E-state index contributed by atoms with van der Waals surface area (Å²) in [5, 5.41) is 11.2. The van der Waals surface area contributed by atoms with E-state index in [0.29, 0.717) is 5.92 Å². The molecule has 2 aromatic rings. The van der Waals surface area contributed by atoms with Gasteiger partial charge in [0.2, 0.25) is 0 Å².